The number of benzene rings is 1. The molecule has 0 aromatic heterocycles. The maximum atomic E-state index is 12.4. The summed E-state index contributed by atoms with van der Waals surface area (Å²) in [5.41, 5.74) is 3.16. The van der Waals surface area contributed by atoms with Gasteiger partial charge in [-0.2, -0.15) is 0 Å². The molecule has 1 aromatic carbocycles. The Bertz CT molecular complexity index is 930. The standard InChI is InChI=1S/C28H38N2O4/c31-24(9-5-4-8-21-6-2-1-3-7-21)17-25(32)12-10-22-11-13-27(33)28(16-22)34-20-30-18-23-14-15-29-26(23)19-30/h11,13-16,19,21,24,31,33H,1-10,12,17-18,20H2/p+1. The van der Waals surface area contributed by atoms with Crippen molar-refractivity contribution in [3.05, 3.63) is 47.3 Å². The summed E-state index contributed by atoms with van der Waals surface area (Å²) in [6, 6.07) is 5.26. The zero-order valence-electron chi connectivity index (χ0n) is 20.2. The Labute approximate surface area is 203 Å². The smallest absolute Gasteiger partial charge is 0.227 e. The number of carbonyl (C=O) groups is 1. The number of ketones is 1. The molecule has 1 saturated carbocycles. The predicted octanol–water partition coefficient (Wildman–Crippen LogP) is 3.87. The number of aliphatic hydroxyl groups is 1. The summed E-state index contributed by atoms with van der Waals surface area (Å²) in [7, 11) is 0. The number of phenols is 1. The fraction of sp³-hybridized carbons (Fsp3) is 0.571. The molecule has 2 unspecified atom stereocenters. The molecule has 6 nitrogen and oxygen atoms in total. The van der Waals surface area contributed by atoms with Gasteiger partial charge in [-0.3, -0.25) is 14.7 Å². The number of Topliss-reactive ketones (excluding diaryl/α,β-unsaturated/α-hetero) is 1. The van der Waals surface area contributed by atoms with Crippen molar-refractivity contribution in [1.82, 2.24) is 0 Å². The van der Waals surface area contributed by atoms with Crippen molar-refractivity contribution in [2.75, 3.05) is 13.3 Å². The highest BCUT2D eigenvalue weighted by atomic mass is 16.5. The molecular weight excluding hydrogens is 428 g/mol. The Morgan fingerprint density at radius 3 is 2.88 bits per heavy atom. The number of nitrogens with zero attached hydrogens (tertiary/aromatic N) is 1. The van der Waals surface area contributed by atoms with Crippen molar-refractivity contribution in [2.24, 2.45) is 10.9 Å². The molecule has 0 spiro atoms. The number of hydrogen-bond donors (Lipinski definition) is 3. The van der Waals surface area contributed by atoms with Gasteiger partial charge in [-0.1, -0.05) is 57.4 Å². The van der Waals surface area contributed by atoms with E-state index in [2.05, 4.69) is 4.99 Å². The van der Waals surface area contributed by atoms with Gasteiger partial charge >= 0.3 is 0 Å². The largest absolute Gasteiger partial charge is 0.504 e. The third-order valence-electron chi connectivity index (χ3n) is 7.29. The maximum Gasteiger partial charge on any atom is 0.227 e. The van der Waals surface area contributed by atoms with E-state index in [9.17, 15) is 15.0 Å². The highest BCUT2D eigenvalue weighted by Gasteiger charge is 2.25. The van der Waals surface area contributed by atoms with E-state index in [-0.39, 0.29) is 18.0 Å². The molecule has 184 valence electrons. The van der Waals surface area contributed by atoms with Crippen LogP contribution < -0.4 is 9.64 Å². The van der Waals surface area contributed by atoms with E-state index in [1.54, 1.807) is 6.07 Å². The second-order valence-electron chi connectivity index (χ2n) is 10.1. The lowest BCUT2D eigenvalue weighted by Gasteiger charge is -2.21. The van der Waals surface area contributed by atoms with Crippen LogP contribution in [0.2, 0.25) is 0 Å². The van der Waals surface area contributed by atoms with Gasteiger partial charge in [0.05, 0.1) is 6.10 Å². The van der Waals surface area contributed by atoms with E-state index in [4.69, 9.17) is 4.74 Å². The van der Waals surface area contributed by atoms with Crippen LogP contribution in [0.5, 0.6) is 11.5 Å². The second-order valence-corrected chi connectivity index (χ2v) is 10.1. The van der Waals surface area contributed by atoms with Crippen LogP contribution in [0.4, 0.5) is 0 Å². The van der Waals surface area contributed by atoms with E-state index in [1.807, 2.05) is 30.6 Å². The minimum absolute atomic E-state index is 0.0869. The van der Waals surface area contributed by atoms with Gasteiger partial charge in [0.1, 0.15) is 24.2 Å². The minimum atomic E-state index is -0.533. The lowest BCUT2D eigenvalue weighted by Crippen LogP contribution is -3.07. The third kappa shape index (κ3) is 7.28. The van der Waals surface area contributed by atoms with Gasteiger partial charge in [0, 0.05) is 24.6 Å². The Morgan fingerprint density at radius 1 is 1.21 bits per heavy atom. The molecule has 0 saturated heterocycles. The first-order valence-corrected chi connectivity index (χ1v) is 13.0. The fourth-order valence-corrected chi connectivity index (χ4v) is 5.28. The summed E-state index contributed by atoms with van der Waals surface area (Å²) < 4.78 is 5.86. The molecule has 1 aliphatic carbocycles. The van der Waals surface area contributed by atoms with Gasteiger partial charge in [0.2, 0.25) is 6.73 Å². The number of nitrogens with one attached hydrogen (secondary N) is 1. The lowest BCUT2D eigenvalue weighted by atomic mass is 9.85. The molecular formula is C28H39N2O4+. The number of aromatic hydroxyl groups is 1. The van der Waals surface area contributed by atoms with Crippen LogP contribution in [0.25, 0.3) is 0 Å². The van der Waals surface area contributed by atoms with Gasteiger partial charge in [-0.05, 0) is 42.5 Å². The van der Waals surface area contributed by atoms with Crippen LogP contribution in [0.15, 0.2) is 46.7 Å². The molecule has 0 radical (unpaired) electrons. The summed E-state index contributed by atoms with van der Waals surface area (Å²) in [6.45, 7) is 1.23. The quantitative estimate of drug-likeness (QED) is 0.385. The van der Waals surface area contributed by atoms with Crippen LogP contribution >= 0.6 is 0 Å². The Kier molecular flexibility index (Phi) is 8.94. The predicted molar refractivity (Wildman–Crippen MR) is 133 cm³/mol. The van der Waals surface area contributed by atoms with Crippen LogP contribution in [-0.4, -0.2) is 41.6 Å². The molecule has 0 amide bonds. The summed E-state index contributed by atoms with van der Waals surface area (Å²) in [6.07, 6.45) is 17.6. The van der Waals surface area contributed by atoms with Crippen molar-refractivity contribution in [2.45, 2.75) is 83.2 Å². The van der Waals surface area contributed by atoms with Crippen molar-refractivity contribution < 1.29 is 24.6 Å². The normalized spacial score (nSPS) is 20.7. The van der Waals surface area contributed by atoms with Crippen LogP contribution in [0.3, 0.4) is 0 Å². The number of ether oxygens (including phenoxy) is 1. The number of unbranched alkanes of at least 4 members (excludes halogenated alkanes) is 1. The molecule has 1 aromatic rings. The van der Waals surface area contributed by atoms with Gasteiger partial charge in [-0.15, -0.1) is 0 Å². The number of rotatable bonds is 13. The van der Waals surface area contributed by atoms with Crippen molar-refractivity contribution >= 4 is 12.0 Å². The zero-order chi connectivity index (χ0) is 23.8. The number of aliphatic imine (C=N–C) groups is 1. The summed E-state index contributed by atoms with van der Waals surface area (Å²) in [5, 5.41) is 20.4. The fourth-order valence-electron chi connectivity index (χ4n) is 5.28. The summed E-state index contributed by atoms with van der Waals surface area (Å²) in [5.74, 6) is 1.50. The van der Waals surface area contributed by atoms with Crippen molar-refractivity contribution in [3.63, 3.8) is 0 Å². The average Bonchev–Trinajstić information content (AvgIpc) is 3.43. The number of phenolic OH excluding ortho intramolecular Hbond substituents is 1. The minimum Gasteiger partial charge on any atom is -0.504 e. The zero-order valence-corrected chi connectivity index (χ0v) is 20.2. The topological polar surface area (TPSA) is 83.6 Å². The first kappa shape index (κ1) is 24.7. The van der Waals surface area contributed by atoms with Crippen LogP contribution in [0.1, 0.15) is 76.2 Å². The molecule has 1 fully saturated rings. The lowest BCUT2D eigenvalue weighted by molar-refractivity contribution is -0.854. The SMILES string of the molecule is O=C(CCc1ccc(O)c(OC[NH+]2C=C3N=CC=C3C2)c1)CC(O)CCCCC1CCCCC1. The maximum absolute atomic E-state index is 12.4. The van der Waals surface area contributed by atoms with E-state index in [0.717, 1.165) is 41.5 Å². The van der Waals surface area contributed by atoms with Gasteiger partial charge < -0.3 is 14.9 Å². The van der Waals surface area contributed by atoms with Crippen LogP contribution in [0, 0.1) is 5.92 Å². The molecule has 2 heterocycles. The number of carbonyl (C=O) groups excluding carboxylic acids is 1. The van der Waals surface area contributed by atoms with E-state index < -0.39 is 6.10 Å². The number of allylic oxidation sites excluding steroid dienone is 1. The number of hydrogen-bond acceptors (Lipinski definition) is 5. The van der Waals surface area contributed by atoms with E-state index in [0.29, 0.717) is 31.7 Å². The van der Waals surface area contributed by atoms with Crippen molar-refractivity contribution in [1.29, 1.82) is 0 Å². The average molecular weight is 468 g/mol. The molecule has 34 heavy (non-hydrogen) atoms. The highest BCUT2D eigenvalue weighted by molar-refractivity contribution is 5.80. The van der Waals surface area contributed by atoms with Crippen LogP contribution in [-0.2, 0) is 11.2 Å². The molecule has 2 aliphatic heterocycles. The molecule has 4 rings (SSSR count). The number of aryl methyl sites for hydroxylation is 1. The molecule has 0 bridgehead atoms. The van der Waals surface area contributed by atoms with Gasteiger partial charge in [0.15, 0.2) is 11.5 Å². The van der Waals surface area contributed by atoms with E-state index >= 15 is 0 Å². The Hall–Kier alpha value is -2.44. The molecule has 6 heteroatoms. The first-order valence-electron chi connectivity index (χ1n) is 13.0. The summed E-state index contributed by atoms with van der Waals surface area (Å²) >= 11 is 0. The monoisotopic (exact) mass is 467 g/mol. The van der Waals surface area contributed by atoms with Gasteiger partial charge in [0.25, 0.3) is 0 Å². The van der Waals surface area contributed by atoms with Gasteiger partial charge in [-0.25, -0.2) is 0 Å². The summed E-state index contributed by atoms with van der Waals surface area (Å²) in [4.78, 5) is 17.8. The number of quaternary nitrogens is 1. The molecule has 3 aliphatic rings. The highest BCUT2D eigenvalue weighted by Crippen LogP contribution is 2.29. The first-order chi connectivity index (χ1) is 16.6. The molecule has 2 atom stereocenters. The Morgan fingerprint density at radius 2 is 2.06 bits per heavy atom. The molecule has 3 N–H and O–H groups in total. The second kappa shape index (κ2) is 12.3. The third-order valence-corrected chi connectivity index (χ3v) is 7.29. The van der Waals surface area contributed by atoms with Crippen molar-refractivity contribution in [3.8, 4) is 11.5 Å². The Balaban J connectivity index is 1.14. The number of fused-ring (bicyclic) bond motifs is 1. The van der Waals surface area contributed by atoms with E-state index in [1.165, 1.54) is 44.1 Å². The number of aliphatic hydroxyl groups excluding tert-OH is 1.